The molecule has 1 saturated heterocycles. The molecule has 1 fully saturated rings. The Morgan fingerprint density at radius 2 is 1.70 bits per heavy atom. The predicted octanol–water partition coefficient (Wildman–Crippen LogP) is 2.57. The lowest BCUT2D eigenvalue weighted by Gasteiger charge is -2.40. The van der Waals surface area contributed by atoms with E-state index in [1.54, 1.807) is 0 Å². The number of nitrogens with zero attached hydrogens (tertiary/aromatic N) is 2. The Morgan fingerprint density at radius 3 is 2.15 bits per heavy atom. The summed E-state index contributed by atoms with van der Waals surface area (Å²) in [6, 6.07) is 7.40. The van der Waals surface area contributed by atoms with Crippen molar-refractivity contribution in [2.24, 2.45) is 5.92 Å². The van der Waals surface area contributed by atoms with E-state index in [0.29, 0.717) is 0 Å². The monoisotopic (exact) mass is 296 g/mol. The number of carboxylic acid groups (broad SMARTS) is 1. The molecule has 1 aromatic rings. The van der Waals surface area contributed by atoms with Crippen molar-refractivity contribution >= 4 is 23.3 Å². The lowest BCUT2D eigenvalue weighted by atomic mass is 10.0. The summed E-state index contributed by atoms with van der Waals surface area (Å²) in [4.78, 5) is 15.7. The van der Waals surface area contributed by atoms with E-state index < -0.39 is 5.97 Å². The molecule has 1 atom stereocenters. The summed E-state index contributed by atoms with van der Waals surface area (Å²) in [5.74, 6) is -0.602. The molecule has 0 radical (unpaired) electrons. The highest BCUT2D eigenvalue weighted by Gasteiger charge is 2.31. The molecule has 0 aromatic heterocycles. The molecule has 0 saturated carbocycles. The molecular weight excluding hydrogens is 276 g/mol. The second kappa shape index (κ2) is 6.46. The summed E-state index contributed by atoms with van der Waals surface area (Å²) in [5.41, 5.74) is 1.14. The summed E-state index contributed by atoms with van der Waals surface area (Å²) in [7, 11) is 0. The van der Waals surface area contributed by atoms with Crippen molar-refractivity contribution in [2.75, 3.05) is 31.1 Å². The molecule has 5 heteroatoms. The van der Waals surface area contributed by atoms with E-state index in [2.05, 4.69) is 9.80 Å². The van der Waals surface area contributed by atoms with E-state index >= 15 is 0 Å². The Balaban J connectivity index is 1.98. The van der Waals surface area contributed by atoms with Crippen LogP contribution in [0.2, 0.25) is 5.02 Å². The Kier molecular flexibility index (Phi) is 4.89. The molecule has 1 N–H and O–H groups in total. The molecule has 0 amide bonds. The third-order valence-corrected chi connectivity index (χ3v) is 4.04. The second-order valence-electron chi connectivity index (χ2n) is 5.53. The van der Waals surface area contributed by atoms with Crippen LogP contribution in [0.25, 0.3) is 0 Å². The maximum absolute atomic E-state index is 11.4. The van der Waals surface area contributed by atoms with Gasteiger partial charge in [0.25, 0.3) is 0 Å². The highest BCUT2D eigenvalue weighted by atomic mass is 35.5. The van der Waals surface area contributed by atoms with Gasteiger partial charge in [0.2, 0.25) is 0 Å². The van der Waals surface area contributed by atoms with Crippen molar-refractivity contribution in [3.05, 3.63) is 29.3 Å². The first kappa shape index (κ1) is 15.1. The third kappa shape index (κ3) is 3.44. The highest BCUT2D eigenvalue weighted by molar-refractivity contribution is 6.30. The highest BCUT2D eigenvalue weighted by Crippen LogP contribution is 2.21. The van der Waals surface area contributed by atoms with Crippen molar-refractivity contribution in [1.82, 2.24) is 4.90 Å². The van der Waals surface area contributed by atoms with E-state index in [0.717, 1.165) is 36.9 Å². The lowest BCUT2D eigenvalue weighted by molar-refractivity contribution is -0.145. The SMILES string of the molecule is CC(C)C(C(=O)O)N1CCN(c2ccc(Cl)cc2)CC1. The zero-order chi connectivity index (χ0) is 14.7. The minimum Gasteiger partial charge on any atom is -0.480 e. The van der Waals surface area contributed by atoms with Gasteiger partial charge in [-0.15, -0.1) is 0 Å². The molecule has 1 unspecified atom stereocenters. The lowest BCUT2D eigenvalue weighted by Crippen LogP contribution is -2.54. The summed E-state index contributed by atoms with van der Waals surface area (Å²) in [6.45, 7) is 7.17. The Hall–Kier alpha value is -1.26. The van der Waals surface area contributed by atoms with Gasteiger partial charge in [-0.1, -0.05) is 25.4 Å². The van der Waals surface area contributed by atoms with Crippen LogP contribution in [0.15, 0.2) is 24.3 Å². The Morgan fingerprint density at radius 1 is 1.15 bits per heavy atom. The first-order valence-electron chi connectivity index (χ1n) is 6.96. The molecule has 20 heavy (non-hydrogen) atoms. The van der Waals surface area contributed by atoms with E-state index in [1.807, 2.05) is 38.1 Å². The Bertz CT molecular complexity index is 453. The van der Waals surface area contributed by atoms with Crippen LogP contribution < -0.4 is 4.90 Å². The normalized spacial score (nSPS) is 18.3. The van der Waals surface area contributed by atoms with Gasteiger partial charge in [0, 0.05) is 36.9 Å². The van der Waals surface area contributed by atoms with Crippen molar-refractivity contribution in [2.45, 2.75) is 19.9 Å². The van der Waals surface area contributed by atoms with Gasteiger partial charge in [0.05, 0.1) is 0 Å². The van der Waals surface area contributed by atoms with Gasteiger partial charge >= 0.3 is 5.97 Å². The van der Waals surface area contributed by atoms with E-state index in [4.69, 9.17) is 11.6 Å². The first-order chi connectivity index (χ1) is 9.49. The summed E-state index contributed by atoms with van der Waals surface area (Å²) in [5, 5.41) is 10.1. The van der Waals surface area contributed by atoms with Gasteiger partial charge in [-0.2, -0.15) is 0 Å². The van der Waals surface area contributed by atoms with Crippen LogP contribution in [0.3, 0.4) is 0 Å². The molecule has 0 spiro atoms. The second-order valence-corrected chi connectivity index (χ2v) is 5.96. The van der Waals surface area contributed by atoms with Crippen LogP contribution in [0, 0.1) is 5.92 Å². The number of hydrogen-bond donors (Lipinski definition) is 1. The van der Waals surface area contributed by atoms with Crippen molar-refractivity contribution < 1.29 is 9.90 Å². The van der Waals surface area contributed by atoms with Gasteiger partial charge < -0.3 is 10.0 Å². The number of aliphatic carboxylic acids is 1. The first-order valence-corrected chi connectivity index (χ1v) is 7.34. The van der Waals surface area contributed by atoms with Gasteiger partial charge in [-0.05, 0) is 30.2 Å². The average Bonchev–Trinajstić information content (AvgIpc) is 2.40. The van der Waals surface area contributed by atoms with Gasteiger partial charge in [0.1, 0.15) is 6.04 Å². The number of hydrogen-bond acceptors (Lipinski definition) is 3. The van der Waals surface area contributed by atoms with E-state index in [-0.39, 0.29) is 12.0 Å². The van der Waals surface area contributed by atoms with Crippen LogP contribution >= 0.6 is 11.6 Å². The van der Waals surface area contributed by atoms with E-state index in [9.17, 15) is 9.90 Å². The topological polar surface area (TPSA) is 43.8 Å². The van der Waals surface area contributed by atoms with Gasteiger partial charge in [-0.25, -0.2) is 0 Å². The number of rotatable bonds is 4. The van der Waals surface area contributed by atoms with E-state index in [1.165, 1.54) is 0 Å². The van der Waals surface area contributed by atoms with Gasteiger partial charge in [0.15, 0.2) is 0 Å². The predicted molar refractivity (Wildman–Crippen MR) is 81.5 cm³/mol. The minimum absolute atomic E-state index is 0.120. The molecule has 0 aliphatic carbocycles. The van der Waals surface area contributed by atoms with Crippen LogP contribution in [0.4, 0.5) is 5.69 Å². The number of carbonyl (C=O) groups is 1. The zero-order valence-electron chi connectivity index (χ0n) is 11.9. The molecule has 4 nitrogen and oxygen atoms in total. The van der Waals surface area contributed by atoms with Crippen LogP contribution in [-0.4, -0.2) is 48.2 Å². The number of piperazine rings is 1. The smallest absolute Gasteiger partial charge is 0.321 e. The number of benzene rings is 1. The third-order valence-electron chi connectivity index (χ3n) is 3.78. The largest absolute Gasteiger partial charge is 0.480 e. The average molecular weight is 297 g/mol. The summed E-state index contributed by atoms with van der Waals surface area (Å²) >= 11 is 5.89. The maximum atomic E-state index is 11.4. The number of halogens is 1. The fraction of sp³-hybridized carbons (Fsp3) is 0.533. The maximum Gasteiger partial charge on any atom is 0.321 e. The molecule has 1 aliphatic rings. The summed E-state index contributed by atoms with van der Waals surface area (Å²) in [6.07, 6.45) is 0. The molecule has 1 aromatic carbocycles. The van der Waals surface area contributed by atoms with Crippen LogP contribution in [-0.2, 0) is 4.79 Å². The Labute approximate surface area is 124 Å². The molecular formula is C15H21ClN2O2. The standard InChI is InChI=1S/C15H21ClN2O2/c1-11(2)14(15(19)20)18-9-7-17(8-10-18)13-5-3-12(16)4-6-13/h3-6,11,14H,7-10H2,1-2H3,(H,19,20). The van der Waals surface area contributed by atoms with Crippen LogP contribution in [0.5, 0.6) is 0 Å². The molecule has 1 heterocycles. The number of anilines is 1. The molecule has 110 valence electrons. The van der Waals surface area contributed by atoms with Crippen molar-refractivity contribution in [3.63, 3.8) is 0 Å². The fourth-order valence-corrected chi connectivity index (χ4v) is 2.90. The minimum atomic E-state index is -0.722. The zero-order valence-corrected chi connectivity index (χ0v) is 12.7. The van der Waals surface area contributed by atoms with Crippen molar-refractivity contribution in [1.29, 1.82) is 0 Å². The quantitative estimate of drug-likeness (QED) is 0.927. The molecule has 0 bridgehead atoms. The fourth-order valence-electron chi connectivity index (χ4n) is 2.77. The molecule has 1 aliphatic heterocycles. The molecule has 2 rings (SSSR count). The summed E-state index contributed by atoms with van der Waals surface area (Å²) < 4.78 is 0. The van der Waals surface area contributed by atoms with Gasteiger partial charge in [-0.3, -0.25) is 9.69 Å². The van der Waals surface area contributed by atoms with Crippen LogP contribution in [0.1, 0.15) is 13.8 Å². The van der Waals surface area contributed by atoms with Crippen molar-refractivity contribution in [3.8, 4) is 0 Å². The number of carboxylic acids is 1.